The normalized spacial score (nSPS) is 25.7. The minimum absolute atomic E-state index is 0.0152. The number of rotatable bonds is 6. The quantitative estimate of drug-likeness (QED) is 0.627. The molecule has 172 valence electrons. The number of benzene rings is 2. The van der Waals surface area contributed by atoms with Crippen molar-refractivity contribution in [1.29, 1.82) is 0 Å². The fraction of sp³-hybridized carbons (Fsp3) is 0.423. The summed E-state index contributed by atoms with van der Waals surface area (Å²) in [5.74, 6) is -0.772. The number of alkyl carbamates (subject to hydrolysis) is 1. The van der Waals surface area contributed by atoms with Crippen LogP contribution in [-0.2, 0) is 14.3 Å². The highest BCUT2D eigenvalue weighted by molar-refractivity contribution is 5.85. The highest BCUT2D eigenvalue weighted by Gasteiger charge is 2.50. The minimum Gasteiger partial charge on any atom is -0.481 e. The minimum atomic E-state index is -0.750. The van der Waals surface area contributed by atoms with Crippen LogP contribution in [0.1, 0.15) is 43.2 Å². The van der Waals surface area contributed by atoms with Gasteiger partial charge in [-0.25, -0.2) is 4.79 Å². The lowest BCUT2D eigenvalue weighted by atomic mass is 9.71. The van der Waals surface area contributed by atoms with Crippen molar-refractivity contribution in [3.63, 3.8) is 0 Å². The summed E-state index contributed by atoms with van der Waals surface area (Å²) in [6.07, 6.45) is 1.48. The third-order valence-electron chi connectivity index (χ3n) is 7.57. The number of nitrogens with one attached hydrogen (secondary N) is 2. The number of hydrogen-bond acceptors (Lipinski definition) is 4. The number of fused-ring (bicyclic) bond motifs is 4. The number of hydrogen-bond donors (Lipinski definition) is 3. The molecule has 0 heterocycles. The first kappa shape index (κ1) is 21.5. The van der Waals surface area contributed by atoms with Gasteiger partial charge in [-0.05, 0) is 60.3 Å². The van der Waals surface area contributed by atoms with E-state index >= 15 is 0 Å². The Kier molecular flexibility index (Phi) is 5.56. The topological polar surface area (TPSA) is 105 Å². The Bertz CT molecular complexity index is 1050. The molecule has 33 heavy (non-hydrogen) atoms. The summed E-state index contributed by atoms with van der Waals surface area (Å²) in [6, 6.07) is 15.5. The lowest BCUT2D eigenvalue weighted by molar-refractivity contribution is -0.141. The molecule has 0 saturated heterocycles. The molecule has 2 aromatic carbocycles. The van der Waals surface area contributed by atoms with Crippen LogP contribution in [-0.4, -0.2) is 41.8 Å². The highest BCUT2D eigenvalue weighted by Crippen LogP contribution is 2.49. The van der Waals surface area contributed by atoms with Crippen LogP contribution in [0, 0.1) is 17.8 Å². The van der Waals surface area contributed by atoms with Gasteiger partial charge in [-0.2, -0.15) is 0 Å². The summed E-state index contributed by atoms with van der Waals surface area (Å²) in [4.78, 5) is 36.2. The first-order valence-electron chi connectivity index (χ1n) is 11.6. The lowest BCUT2D eigenvalue weighted by Gasteiger charge is -2.41. The first-order valence-corrected chi connectivity index (χ1v) is 11.6. The maximum Gasteiger partial charge on any atom is 0.407 e. The molecule has 0 radical (unpaired) electrons. The van der Waals surface area contributed by atoms with Gasteiger partial charge in [0.2, 0.25) is 5.91 Å². The van der Waals surface area contributed by atoms with E-state index in [4.69, 9.17) is 4.74 Å². The summed E-state index contributed by atoms with van der Waals surface area (Å²) in [7, 11) is 0. The Morgan fingerprint density at radius 1 is 1.00 bits per heavy atom. The van der Waals surface area contributed by atoms with Crippen LogP contribution in [0.25, 0.3) is 11.1 Å². The van der Waals surface area contributed by atoms with Gasteiger partial charge in [-0.1, -0.05) is 48.5 Å². The van der Waals surface area contributed by atoms with E-state index in [0.717, 1.165) is 28.7 Å². The molecule has 2 aromatic rings. The molecule has 0 spiro atoms. The van der Waals surface area contributed by atoms with Crippen LogP contribution >= 0.6 is 0 Å². The van der Waals surface area contributed by atoms with Crippen molar-refractivity contribution >= 4 is 18.0 Å². The van der Waals surface area contributed by atoms with Gasteiger partial charge in [-0.15, -0.1) is 0 Å². The van der Waals surface area contributed by atoms with Crippen LogP contribution in [0.2, 0.25) is 0 Å². The molecule has 2 amide bonds. The molecule has 1 unspecified atom stereocenters. The van der Waals surface area contributed by atoms with Gasteiger partial charge >= 0.3 is 12.1 Å². The molecule has 0 bridgehead atoms. The zero-order valence-electron chi connectivity index (χ0n) is 18.5. The monoisotopic (exact) mass is 448 g/mol. The Labute approximate surface area is 192 Å². The SMILES string of the molecule is C[C@@H](NC(=O)OCC1c2ccccc2-c2ccccc21)C(=O)N[C@@H]1C[C@@H]2CC(C(=O)O)C[C@@H]21. The molecule has 5 rings (SSSR count). The summed E-state index contributed by atoms with van der Waals surface area (Å²) in [6.45, 7) is 1.82. The van der Waals surface area contributed by atoms with Crippen molar-refractivity contribution in [1.82, 2.24) is 10.6 Å². The van der Waals surface area contributed by atoms with Crippen LogP contribution < -0.4 is 10.6 Å². The Balaban J connectivity index is 1.13. The van der Waals surface area contributed by atoms with Crippen LogP contribution in [0.4, 0.5) is 4.79 Å². The Morgan fingerprint density at radius 3 is 2.27 bits per heavy atom. The molecule has 3 aliphatic rings. The maximum absolute atomic E-state index is 12.6. The van der Waals surface area contributed by atoms with E-state index in [1.807, 2.05) is 24.3 Å². The molecule has 3 N–H and O–H groups in total. The van der Waals surface area contributed by atoms with E-state index in [9.17, 15) is 19.5 Å². The van der Waals surface area contributed by atoms with Gasteiger partial charge in [0.05, 0.1) is 5.92 Å². The number of aliphatic carboxylic acids is 1. The summed E-state index contributed by atoms with van der Waals surface area (Å²) in [5, 5.41) is 14.8. The van der Waals surface area contributed by atoms with Gasteiger partial charge in [0.15, 0.2) is 0 Å². The average molecular weight is 449 g/mol. The molecule has 7 nitrogen and oxygen atoms in total. The van der Waals surface area contributed by atoms with E-state index in [1.165, 1.54) is 0 Å². The number of carbonyl (C=O) groups is 3. The predicted octanol–water partition coefficient (Wildman–Crippen LogP) is 3.53. The van der Waals surface area contributed by atoms with Crippen molar-refractivity contribution in [2.75, 3.05) is 6.61 Å². The van der Waals surface area contributed by atoms with Gasteiger partial charge < -0.3 is 20.5 Å². The smallest absolute Gasteiger partial charge is 0.407 e. The van der Waals surface area contributed by atoms with Gasteiger partial charge in [0, 0.05) is 12.0 Å². The van der Waals surface area contributed by atoms with Gasteiger partial charge in [0.25, 0.3) is 0 Å². The molecule has 5 atom stereocenters. The Hall–Kier alpha value is -3.35. The standard InChI is InChI=1S/C26H28N2O5/c1-14(24(29)28-23-12-15-10-16(25(30)31)11-21(15)23)27-26(32)33-13-22-19-8-4-2-6-17(19)18-7-3-5-9-20(18)22/h2-9,14-16,21-23H,10-13H2,1H3,(H,27,32)(H,28,29)(H,30,31)/t14-,15+,16?,21+,23-/m1/s1. The summed E-state index contributed by atoms with van der Waals surface area (Å²) in [5.41, 5.74) is 4.58. The predicted molar refractivity (Wildman–Crippen MR) is 122 cm³/mol. The zero-order chi connectivity index (χ0) is 23.1. The van der Waals surface area contributed by atoms with Crippen molar-refractivity contribution in [3.05, 3.63) is 59.7 Å². The molecular formula is C26H28N2O5. The second-order valence-corrected chi connectivity index (χ2v) is 9.47. The lowest BCUT2D eigenvalue weighted by Crippen LogP contribution is -2.55. The van der Waals surface area contributed by atoms with E-state index in [0.29, 0.717) is 18.8 Å². The second-order valence-electron chi connectivity index (χ2n) is 9.47. The molecule has 7 heteroatoms. The highest BCUT2D eigenvalue weighted by atomic mass is 16.5. The largest absolute Gasteiger partial charge is 0.481 e. The molecule has 3 aliphatic carbocycles. The average Bonchev–Trinajstić information content (AvgIpc) is 3.31. The van der Waals surface area contributed by atoms with Crippen LogP contribution in [0.5, 0.6) is 0 Å². The molecule has 0 aliphatic heterocycles. The Morgan fingerprint density at radius 2 is 1.64 bits per heavy atom. The van der Waals surface area contributed by atoms with E-state index in [2.05, 4.69) is 34.9 Å². The van der Waals surface area contributed by atoms with Crippen molar-refractivity contribution in [2.45, 2.75) is 44.2 Å². The third kappa shape index (κ3) is 3.96. The number of carboxylic acids is 1. The number of ether oxygens (including phenoxy) is 1. The maximum atomic E-state index is 12.6. The molecule has 2 saturated carbocycles. The van der Waals surface area contributed by atoms with Crippen LogP contribution in [0.15, 0.2) is 48.5 Å². The number of carboxylic acid groups (broad SMARTS) is 1. The molecule has 0 aromatic heterocycles. The molecular weight excluding hydrogens is 420 g/mol. The van der Waals surface area contributed by atoms with Crippen molar-refractivity contribution < 1.29 is 24.2 Å². The fourth-order valence-corrected chi connectivity index (χ4v) is 5.78. The second kappa shape index (κ2) is 8.54. The summed E-state index contributed by atoms with van der Waals surface area (Å²) >= 11 is 0. The van der Waals surface area contributed by atoms with Crippen molar-refractivity contribution in [3.8, 4) is 11.1 Å². The van der Waals surface area contributed by atoms with Gasteiger partial charge in [-0.3, -0.25) is 9.59 Å². The summed E-state index contributed by atoms with van der Waals surface area (Å²) < 4.78 is 5.52. The molecule has 2 fully saturated rings. The zero-order valence-corrected chi connectivity index (χ0v) is 18.5. The van der Waals surface area contributed by atoms with E-state index < -0.39 is 18.1 Å². The first-order chi connectivity index (χ1) is 15.9. The number of carbonyl (C=O) groups excluding carboxylic acids is 2. The third-order valence-corrected chi connectivity index (χ3v) is 7.57. The van der Waals surface area contributed by atoms with Crippen LogP contribution in [0.3, 0.4) is 0 Å². The van der Waals surface area contributed by atoms with E-state index in [-0.39, 0.29) is 36.3 Å². The van der Waals surface area contributed by atoms with E-state index in [1.54, 1.807) is 6.92 Å². The van der Waals surface area contributed by atoms with Gasteiger partial charge in [0.1, 0.15) is 12.6 Å². The number of amides is 2. The fourth-order valence-electron chi connectivity index (χ4n) is 5.78. The van der Waals surface area contributed by atoms with Crippen molar-refractivity contribution in [2.24, 2.45) is 17.8 Å².